The zero-order chi connectivity index (χ0) is 12.0. The molecule has 86 valence electrons. The average Bonchev–Trinajstić information content (AvgIpc) is 2.22. The molecule has 0 bridgehead atoms. The van der Waals surface area contributed by atoms with Crippen LogP contribution in [0.4, 0.5) is 0 Å². The zero-order valence-corrected chi connectivity index (χ0v) is 8.60. The summed E-state index contributed by atoms with van der Waals surface area (Å²) in [7, 11) is 1.13. The van der Waals surface area contributed by atoms with Gasteiger partial charge < -0.3 is 19.7 Å². The van der Waals surface area contributed by atoms with E-state index in [9.17, 15) is 14.7 Å². The lowest BCUT2D eigenvalue weighted by Gasteiger charge is -2.21. The molecule has 0 aliphatic carbocycles. The number of ether oxygens (including phenoxy) is 2. The molecule has 0 aromatic carbocycles. The van der Waals surface area contributed by atoms with Gasteiger partial charge in [0.1, 0.15) is 6.10 Å². The summed E-state index contributed by atoms with van der Waals surface area (Å²) in [6, 6.07) is 0. The van der Waals surface area contributed by atoms with Gasteiger partial charge in [0, 0.05) is 6.92 Å². The molecule has 0 heterocycles. The van der Waals surface area contributed by atoms with Crippen molar-refractivity contribution in [2.75, 3.05) is 13.7 Å². The van der Waals surface area contributed by atoms with Crippen LogP contribution in [-0.2, 0) is 19.1 Å². The van der Waals surface area contributed by atoms with Crippen LogP contribution in [0.1, 0.15) is 6.92 Å². The normalized spacial score (nSPS) is 13.9. The van der Waals surface area contributed by atoms with Crippen molar-refractivity contribution in [2.24, 2.45) is 0 Å². The highest BCUT2D eigenvalue weighted by molar-refractivity contribution is 5.89. The van der Waals surface area contributed by atoms with Crippen LogP contribution < -0.4 is 0 Å². The number of carbonyl (C=O) groups is 2. The first-order chi connectivity index (χ1) is 6.93. The van der Waals surface area contributed by atoms with Crippen LogP contribution in [0.15, 0.2) is 12.2 Å². The number of aliphatic hydroxyl groups is 2. The molecule has 0 radical (unpaired) electrons. The van der Waals surface area contributed by atoms with Gasteiger partial charge >= 0.3 is 11.9 Å². The van der Waals surface area contributed by atoms with Crippen molar-refractivity contribution in [2.45, 2.75) is 19.1 Å². The minimum atomic E-state index is -1.40. The molecule has 0 fully saturated rings. The molecule has 6 heteroatoms. The predicted octanol–water partition coefficient (Wildman–Crippen LogP) is -1.000. The molecule has 2 atom stereocenters. The molecular formula is C9H14O6. The first kappa shape index (κ1) is 13.6. The summed E-state index contributed by atoms with van der Waals surface area (Å²) >= 11 is 0. The number of aliphatic hydroxyl groups excluding tert-OH is 2. The van der Waals surface area contributed by atoms with E-state index in [4.69, 9.17) is 5.11 Å². The maximum Gasteiger partial charge on any atom is 0.337 e. The van der Waals surface area contributed by atoms with Crippen molar-refractivity contribution in [3.05, 3.63) is 12.2 Å². The van der Waals surface area contributed by atoms with E-state index in [2.05, 4.69) is 16.1 Å². The topological polar surface area (TPSA) is 93.1 Å². The Kier molecular flexibility index (Phi) is 5.58. The van der Waals surface area contributed by atoms with E-state index >= 15 is 0 Å². The third-order valence-electron chi connectivity index (χ3n) is 1.62. The van der Waals surface area contributed by atoms with Gasteiger partial charge in [0.25, 0.3) is 0 Å². The Morgan fingerprint density at radius 2 is 2.00 bits per heavy atom. The fourth-order valence-corrected chi connectivity index (χ4v) is 0.904. The summed E-state index contributed by atoms with van der Waals surface area (Å²) in [6.45, 7) is 3.78. The monoisotopic (exact) mass is 218 g/mol. The Morgan fingerprint density at radius 3 is 2.33 bits per heavy atom. The van der Waals surface area contributed by atoms with Gasteiger partial charge in [-0.25, -0.2) is 4.79 Å². The number of carbonyl (C=O) groups excluding carboxylic acids is 2. The minimum absolute atomic E-state index is 0.228. The largest absolute Gasteiger partial charge is 0.466 e. The highest BCUT2D eigenvalue weighted by Crippen LogP contribution is 2.11. The van der Waals surface area contributed by atoms with Crippen LogP contribution in [0.25, 0.3) is 0 Å². The van der Waals surface area contributed by atoms with Crippen LogP contribution in [0.3, 0.4) is 0 Å². The lowest BCUT2D eigenvalue weighted by molar-refractivity contribution is -0.153. The van der Waals surface area contributed by atoms with E-state index in [1.54, 1.807) is 0 Å². The molecule has 0 saturated carbocycles. The number of rotatable bonds is 5. The van der Waals surface area contributed by atoms with Crippen molar-refractivity contribution < 1.29 is 29.3 Å². The second-order valence-electron chi connectivity index (χ2n) is 2.80. The molecule has 0 amide bonds. The van der Waals surface area contributed by atoms with Crippen LogP contribution >= 0.6 is 0 Å². The van der Waals surface area contributed by atoms with Gasteiger partial charge in [0.05, 0.1) is 19.3 Å². The number of hydrogen-bond acceptors (Lipinski definition) is 6. The molecule has 6 nitrogen and oxygen atoms in total. The molecule has 0 aliphatic rings. The van der Waals surface area contributed by atoms with Crippen LogP contribution in [-0.4, -0.2) is 48.1 Å². The summed E-state index contributed by atoms with van der Waals surface area (Å²) in [5.74, 6) is -1.51. The highest BCUT2D eigenvalue weighted by atomic mass is 16.6. The SMILES string of the molecule is C=C(C(=O)OC)C(OC(C)=O)C(O)CO. The average molecular weight is 218 g/mol. The number of esters is 2. The number of hydrogen-bond donors (Lipinski definition) is 2. The highest BCUT2D eigenvalue weighted by Gasteiger charge is 2.29. The predicted molar refractivity (Wildman–Crippen MR) is 49.8 cm³/mol. The van der Waals surface area contributed by atoms with E-state index in [0.717, 1.165) is 14.0 Å². The van der Waals surface area contributed by atoms with Gasteiger partial charge in [-0.2, -0.15) is 0 Å². The lowest BCUT2D eigenvalue weighted by Crippen LogP contribution is -2.37. The maximum atomic E-state index is 11.0. The van der Waals surface area contributed by atoms with Gasteiger partial charge in [-0.15, -0.1) is 0 Å². The molecule has 2 N–H and O–H groups in total. The molecular weight excluding hydrogens is 204 g/mol. The first-order valence-electron chi connectivity index (χ1n) is 4.17. The van der Waals surface area contributed by atoms with Crippen molar-refractivity contribution in [3.63, 3.8) is 0 Å². The van der Waals surface area contributed by atoms with Crippen molar-refractivity contribution in [1.29, 1.82) is 0 Å². The van der Waals surface area contributed by atoms with E-state index < -0.39 is 30.8 Å². The molecule has 0 aromatic heterocycles. The molecule has 0 spiro atoms. The quantitative estimate of drug-likeness (QED) is 0.454. The van der Waals surface area contributed by atoms with Crippen LogP contribution in [0.2, 0.25) is 0 Å². The molecule has 2 unspecified atom stereocenters. The second-order valence-corrected chi connectivity index (χ2v) is 2.80. The third-order valence-corrected chi connectivity index (χ3v) is 1.62. The molecule has 0 rings (SSSR count). The van der Waals surface area contributed by atoms with Gasteiger partial charge in [0.2, 0.25) is 0 Å². The van der Waals surface area contributed by atoms with Crippen molar-refractivity contribution in [1.82, 2.24) is 0 Å². The van der Waals surface area contributed by atoms with E-state index in [-0.39, 0.29) is 5.57 Å². The Balaban J connectivity index is 4.69. The molecule has 0 aliphatic heterocycles. The Morgan fingerprint density at radius 1 is 1.47 bits per heavy atom. The third kappa shape index (κ3) is 4.09. The minimum Gasteiger partial charge on any atom is -0.466 e. The first-order valence-corrected chi connectivity index (χ1v) is 4.17. The molecule has 15 heavy (non-hydrogen) atoms. The van der Waals surface area contributed by atoms with Crippen LogP contribution in [0.5, 0.6) is 0 Å². The standard InChI is InChI=1S/C9H14O6/c1-5(9(13)14-3)8(7(12)4-10)15-6(2)11/h7-8,10,12H,1,4H2,2-3H3. The summed E-state index contributed by atoms with van der Waals surface area (Å²) in [6.07, 6.45) is -2.69. The Hall–Kier alpha value is -1.40. The van der Waals surface area contributed by atoms with Crippen LogP contribution in [0, 0.1) is 0 Å². The summed E-state index contributed by atoms with van der Waals surface area (Å²) < 4.78 is 8.99. The number of methoxy groups -OCH3 is 1. The Bertz CT molecular complexity index is 259. The molecule has 0 aromatic rings. The maximum absolute atomic E-state index is 11.0. The van der Waals surface area contributed by atoms with Gasteiger partial charge in [-0.1, -0.05) is 6.58 Å². The van der Waals surface area contributed by atoms with Crippen molar-refractivity contribution >= 4 is 11.9 Å². The van der Waals surface area contributed by atoms with E-state index in [1.165, 1.54) is 0 Å². The zero-order valence-electron chi connectivity index (χ0n) is 8.60. The Labute approximate surface area is 87.1 Å². The van der Waals surface area contributed by atoms with Gasteiger partial charge in [0.15, 0.2) is 6.10 Å². The fraction of sp³-hybridized carbons (Fsp3) is 0.556. The summed E-state index contributed by atoms with van der Waals surface area (Å²) in [5, 5.41) is 18.0. The summed E-state index contributed by atoms with van der Waals surface area (Å²) in [5.41, 5.74) is -0.228. The molecule has 0 saturated heterocycles. The smallest absolute Gasteiger partial charge is 0.337 e. The van der Waals surface area contributed by atoms with Gasteiger partial charge in [-0.3, -0.25) is 4.79 Å². The van der Waals surface area contributed by atoms with E-state index in [0.29, 0.717) is 0 Å². The second kappa shape index (κ2) is 6.15. The van der Waals surface area contributed by atoms with E-state index in [1.807, 2.05) is 0 Å². The fourth-order valence-electron chi connectivity index (χ4n) is 0.904. The van der Waals surface area contributed by atoms with Gasteiger partial charge in [-0.05, 0) is 0 Å². The van der Waals surface area contributed by atoms with Crippen molar-refractivity contribution in [3.8, 4) is 0 Å². The summed E-state index contributed by atoms with van der Waals surface area (Å²) in [4.78, 5) is 21.7. The lowest BCUT2D eigenvalue weighted by atomic mass is 10.1.